The molecule has 1 aromatic heterocycles. The smallest absolute Gasteiger partial charge is 0.0923 e. The summed E-state index contributed by atoms with van der Waals surface area (Å²) in [6.45, 7) is 0.519. The fourth-order valence-corrected chi connectivity index (χ4v) is 0.591. The zero-order chi connectivity index (χ0) is 6.53. The minimum Gasteiger partial charge on any atom is -0.351 e. The second-order valence-corrected chi connectivity index (χ2v) is 1.68. The molecule has 9 heavy (non-hydrogen) atoms. The molecule has 0 aliphatic carbocycles. The largest absolute Gasteiger partial charge is 0.351 e. The summed E-state index contributed by atoms with van der Waals surface area (Å²) < 4.78 is 0. The Labute approximate surface area is 53.0 Å². The Morgan fingerprint density at radius 3 is 3.22 bits per heavy atom. The second-order valence-electron chi connectivity index (χ2n) is 1.68. The van der Waals surface area contributed by atoms with Crippen LogP contribution in [0.15, 0.2) is 12.5 Å². The highest BCUT2D eigenvalue weighted by molar-refractivity contribution is 4.93. The van der Waals surface area contributed by atoms with Crippen LogP contribution in [0.4, 0.5) is 0 Å². The van der Waals surface area contributed by atoms with Crippen molar-refractivity contribution in [1.82, 2.24) is 9.97 Å². The lowest BCUT2D eigenvalue weighted by atomic mass is 10.4. The average molecular weight is 127 g/mol. The van der Waals surface area contributed by atoms with Gasteiger partial charge in [0.15, 0.2) is 0 Å². The van der Waals surface area contributed by atoms with Crippen molar-refractivity contribution >= 4 is 0 Å². The van der Waals surface area contributed by atoms with Crippen LogP contribution in [0.5, 0.6) is 0 Å². The van der Waals surface area contributed by atoms with Crippen molar-refractivity contribution in [2.24, 2.45) is 5.90 Å². The van der Waals surface area contributed by atoms with Gasteiger partial charge in [0.05, 0.1) is 18.6 Å². The molecular weight excluding hydrogens is 118 g/mol. The highest BCUT2D eigenvalue weighted by Crippen LogP contribution is 1.90. The first-order valence-electron chi connectivity index (χ1n) is 2.73. The number of hydrogen-bond donors (Lipinski definition) is 2. The van der Waals surface area contributed by atoms with Crippen LogP contribution in [0.1, 0.15) is 5.69 Å². The van der Waals surface area contributed by atoms with Gasteiger partial charge in [-0.15, -0.1) is 0 Å². The molecule has 1 rings (SSSR count). The maximum Gasteiger partial charge on any atom is 0.0923 e. The van der Waals surface area contributed by atoms with E-state index >= 15 is 0 Å². The van der Waals surface area contributed by atoms with Crippen molar-refractivity contribution in [2.45, 2.75) is 6.42 Å². The zero-order valence-corrected chi connectivity index (χ0v) is 5.00. The maximum absolute atomic E-state index is 4.81. The van der Waals surface area contributed by atoms with Crippen LogP contribution >= 0.6 is 0 Å². The lowest BCUT2D eigenvalue weighted by Gasteiger charge is -1.91. The fraction of sp³-hybridized carbons (Fsp3) is 0.400. The van der Waals surface area contributed by atoms with Crippen molar-refractivity contribution in [1.29, 1.82) is 0 Å². The third kappa shape index (κ3) is 1.83. The number of aromatic amines is 1. The average Bonchev–Trinajstić information content (AvgIpc) is 2.34. The summed E-state index contributed by atoms with van der Waals surface area (Å²) in [5.41, 5.74) is 0.973. The predicted molar refractivity (Wildman–Crippen MR) is 32.4 cm³/mol. The molecule has 1 heterocycles. The lowest BCUT2D eigenvalue weighted by Crippen LogP contribution is -2.03. The molecule has 4 nitrogen and oxygen atoms in total. The van der Waals surface area contributed by atoms with Gasteiger partial charge in [0.25, 0.3) is 0 Å². The molecule has 1 aromatic rings. The van der Waals surface area contributed by atoms with Gasteiger partial charge in [-0.05, 0) is 0 Å². The number of hydrogen-bond acceptors (Lipinski definition) is 3. The Morgan fingerprint density at radius 2 is 2.67 bits per heavy atom. The number of H-pyrrole nitrogens is 1. The van der Waals surface area contributed by atoms with Gasteiger partial charge in [-0.3, -0.25) is 0 Å². The molecule has 0 aromatic carbocycles. The van der Waals surface area contributed by atoms with Gasteiger partial charge < -0.3 is 9.82 Å². The summed E-state index contributed by atoms with van der Waals surface area (Å²) in [5.74, 6) is 4.81. The highest BCUT2D eigenvalue weighted by atomic mass is 16.6. The van der Waals surface area contributed by atoms with Crippen LogP contribution in [-0.4, -0.2) is 16.6 Å². The van der Waals surface area contributed by atoms with E-state index in [1.807, 2.05) is 6.20 Å². The number of nitrogens with one attached hydrogen (secondary N) is 1. The van der Waals surface area contributed by atoms with E-state index in [9.17, 15) is 0 Å². The van der Waals surface area contributed by atoms with Crippen molar-refractivity contribution in [2.75, 3.05) is 6.61 Å². The standard InChI is InChI=1S/C5H9N3O/c6-9-2-1-5-3-7-4-8-5/h3-4H,1-2,6H2,(H,7,8). The first kappa shape index (κ1) is 6.25. The molecule has 0 radical (unpaired) electrons. The van der Waals surface area contributed by atoms with Gasteiger partial charge in [0.1, 0.15) is 0 Å². The monoisotopic (exact) mass is 127 g/mol. The van der Waals surface area contributed by atoms with E-state index in [1.54, 1.807) is 6.33 Å². The minimum absolute atomic E-state index is 0.519. The van der Waals surface area contributed by atoms with Gasteiger partial charge in [-0.1, -0.05) is 0 Å². The summed E-state index contributed by atoms with van der Waals surface area (Å²) in [7, 11) is 0. The van der Waals surface area contributed by atoms with Crippen LogP contribution in [0.25, 0.3) is 0 Å². The second kappa shape index (κ2) is 3.21. The van der Waals surface area contributed by atoms with Gasteiger partial charge >= 0.3 is 0 Å². The molecule has 0 amide bonds. The molecule has 50 valence electrons. The normalized spacial score (nSPS) is 9.89. The highest BCUT2D eigenvalue weighted by Gasteiger charge is 1.91. The number of imidazole rings is 1. The zero-order valence-electron chi connectivity index (χ0n) is 5.00. The molecule has 0 spiro atoms. The van der Waals surface area contributed by atoms with Crippen LogP contribution < -0.4 is 5.90 Å². The van der Waals surface area contributed by atoms with E-state index in [0.29, 0.717) is 6.61 Å². The molecule has 0 unspecified atom stereocenters. The first-order chi connectivity index (χ1) is 4.43. The minimum atomic E-state index is 0.519. The number of aromatic nitrogens is 2. The summed E-state index contributed by atoms with van der Waals surface area (Å²) in [5, 5.41) is 0. The molecule has 4 heteroatoms. The SMILES string of the molecule is NOCCc1c[nH]cn1. The Hall–Kier alpha value is -0.870. The van der Waals surface area contributed by atoms with E-state index in [0.717, 1.165) is 12.1 Å². The van der Waals surface area contributed by atoms with Crippen LogP contribution in [0, 0.1) is 0 Å². The first-order valence-corrected chi connectivity index (χ1v) is 2.73. The third-order valence-corrected chi connectivity index (χ3v) is 1.03. The number of rotatable bonds is 3. The Balaban J connectivity index is 2.30. The third-order valence-electron chi connectivity index (χ3n) is 1.03. The van der Waals surface area contributed by atoms with E-state index in [2.05, 4.69) is 14.8 Å². The van der Waals surface area contributed by atoms with Crippen molar-refractivity contribution in [3.8, 4) is 0 Å². The van der Waals surface area contributed by atoms with E-state index < -0.39 is 0 Å². The van der Waals surface area contributed by atoms with Crippen molar-refractivity contribution < 1.29 is 4.84 Å². The number of nitrogens with zero attached hydrogens (tertiary/aromatic N) is 1. The number of nitrogens with two attached hydrogens (primary N) is 1. The van der Waals surface area contributed by atoms with Gasteiger partial charge in [0, 0.05) is 12.6 Å². The van der Waals surface area contributed by atoms with Crippen molar-refractivity contribution in [3.05, 3.63) is 18.2 Å². The topological polar surface area (TPSA) is 63.9 Å². The van der Waals surface area contributed by atoms with E-state index in [-0.39, 0.29) is 0 Å². The predicted octanol–water partition coefficient (Wildman–Crippen LogP) is -0.158. The Bertz CT molecular complexity index is 149. The fourth-order valence-electron chi connectivity index (χ4n) is 0.591. The van der Waals surface area contributed by atoms with Crippen LogP contribution in [0.3, 0.4) is 0 Å². The summed E-state index contributed by atoms with van der Waals surface area (Å²) in [4.78, 5) is 11.2. The van der Waals surface area contributed by atoms with Crippen LogP contribution in [0.2, 0.25) is 0 Å². The van der Waals surface area contributed by atoms with Crippen molar-refractivity contribution in [3.63, 3.8) is 0 Å². The molecular formula is C5H9N3O. The summed E-state index contributed by atoms with van der Waals surface area (Å²) >= 11 is 0. The molecule has 0 saturated heterocycles. The molecule has 0 aliphatic rings. The quantitative estimate of drug-likeness (QED) is 0.554. The molecule has 0 atom stereocenters. The van der Waals surface area contributed by atoms with Gasteiger partial charge in [-0.2, -0.15) is 0 Å². The lowest BCUT2D eigenvalue weighted by molar-refractivity contribution is 0.140. The van der Waals surface area contributed by atoms with E-state index in [1.165, 1.54) is 0 Å². The Kier molecular flexibility index (Phi) is 2.23. The Morgan fingerprint density at radius 1 is 1.78 bits per heavy atom. The summed E-state index contributed by atoms with van der Waals surface area (Å²) in [6.07, 6.45) is 4.21. The van der Waals surface area contributed by atoms with Gasteiger partial charge in [0.2, 0.25) is 0 Å². The molecule has 0 saturated carbocycles. The summed E-state index contributed by atoms with van der Waals surface area (Å²) in [6, 6.07) is 0. The van der Waals surface area contributed by atoms with Crippen LogP contribution in [-0.2, 0) is 11.3 Å². The maximum atomic E-state index is 4.81. The molecule has 0 aliphatic heterocycles. The molecule has 0 bridgehead atoms. The van der Waals surface area contributed by atoms with E-state index in [4.69, 9.17) is 5.90 Å². The molecule has 0 fully saturated rings. The molecule has 3 N–H and O–H groups in total. The van der Waals surface area contributed by atoms with Gasteiger partial charge in [-0.25, -0.2) is 10.9 Å².